The molecule has 0 saturated carbocycles. The summed E-state index contributed by atoms with van der Waals surface area (Å²) in [4.78, 5) is 30.4. The van der Waals surface area contributed by atoms with Crippen LogP contribution in [0.4, 0.5) is 5.69 Å². The SMILES string of the molecule is CCOC(=O)CN1C(=O)CN=C(c2ccccc2)c2cc(Cl)ccc21. The second kappa shape index (κ2) is 7.49. The Kier molecular flexibility index (Phi) is 5.14. The normalized spacial score (nSPS) is 13.8. The van der Waals surface area contributed by atoms with Gasteiger partial charge in [0.05, 0.1) is 18.0 Å². The number of aliphatic imine (C=N–C) groups is 1. The van der Waals surface area contributed by atoms with E-state index in [1.807, 2.05) is 30.3 Å². The van der Waals surface area contributed by atoms with Crippen molar-refractivity contribution >= 4 is 34.9 Å². The Morgan fingerprint density at radius 1 is 1.24 bits per heavy atom. The van der Waals surface area contributed by atoms with Crippen LogP contribution in [0.5, 0.6) is 0 Å². The molecule has 0 atom stereocenters. The highest BCUT2D eigenvalue weighted by atomic mass is 35.5. The minimum absolute atomic E-state index is 0.0457. The summed E-state index contributed by atoms with van der Waals surface area (Å²) in [5.74, 6) is -0.720. The van der Waals surface area contributed by atoms with Gasteiger partial charge in [-0.05, 0) is 25.1 Å². The smallest absolute Gasteiger partial charge is 0.326 e. The van der Waals surface area contributed by atoms with Gasteiger partial charge in [0.1, 0.15) is 13.1 Å². The van der Waals surface area contributed by atoms with E-state index in [1.165, 1.54) is 4.90 Å². The molecule has 2 aromatic carbocycles. The Labute approximate surface area is 150 Å². The highest BCUT2D eigenvalue weighted by Crippen LogP contribution is 2.29. The molecule has 0 N–H and O–H groups in total. The number of esters is 1. The van der Waals surface area contributed by atoms with Crippen LogP contribution in [0.15, 0.2) is 53.5 Å². The van der Waals surface area contributed by atoms with Crippen LogP contribution in [0, 0.1) is 0 Å². The van der Waals surface area contributed by atoms with Gasteiger partial charge >= 0.3 is 5.97 Å². The van der Waals surface area contributed by atoms with Crippen LogP contribution in [-0.4, -0.2) is 37.3 Å². The van der Waals surface area contributed by atoms with Crippen LogP contribution in [0.3, 0.4) is 0 Å². The molecule has 25 heavy (non-hydrogen) atoms. The molecule has 0 radical (unpaired) electrons. The number of anilines is 1. The lowest BCUT2D eigenvalue weighted by Crippen LogP contribution is -2.37. The number of nitrogens with zero attached hydrogens (tertiary/aromatic N) is 2. The molecule has 0 spiro atoms. The first kappa shape index (κ1) is 17.2. The van der Waals surface area contributed by atoms with E-state index < -0.39 is 5.97 Å². The van der Waals surface area contributed by atoms with Crippen LogP contribution in [0.25, 0.3) is 0 Å². The molecule has 6 heteroatoms. The minimum atomic E-state index is -0.458. The van der Waals surface area contributed by atoms with Crippen molar-refractivity contribution < 1.29 is 14.3 Å². The molecule has 0 unspecified atom stereocenters. The summed E-state index contributed by atoms with van der Waals surface area (Å²) in [6, 6.07) is 14.8. The predicted octanol–water partition coefficient (Wildman–Crippen LogP) is 3.09. The summed E-state index contributed by atoms with van der Waals surface area (Å²) in [6.07, 6.45) is 0. The number of rotatable bonds is 4. The zero-order valence-electron chi connectivity index (χ0n) is 13.7. The third kappa shape index (κ3) is 3.72. The first-order chi connectivity index (χ1) is 12.1. The number of hydrogen-bond donors (Lipinski definition) is 0. The van der Waals surface area contributed by atoms with Crippen molar-refractivity contribution in [3.05, 3.63) is 64.7 Å². The van der Waals surface area contributed by atoms with E-state index in [0.717, 1.165) is 5.56 Å². The third-order valence-corrected chi connectivity index (χ3v) is 4.05. The van der Waals surface area contributed by atoms with Crippen molar-refractivity contribution in [3.63, 3.8) is 0 Å². The molecule has 5 nitrogen and oxygen atoms in total. The topological polar surface area (TPSA) is 59.0 Å². The zero-order chi connectivity index (χ0) is 17.8. The molecule has 2 aromatic rings. The van der Waals surface area contributed by atoms with Crippen LogP contribution in [0.1, 0.15) is 18.1 Å². The fourth-order valence-corrected chi connectivity index (χ4v) is 2.91. The van der Waals surface area contributed by atoms with Gasteiger partial charge in [-0.2, -0.15) is 0 Å². The second-order valence-corrected chi connectivity index (χ2v) is 5.91. The summed E-state index contributed by atoms with van der Waals surface area (Å²) in [7, 11) is 0. The average Bonchev–Trinajstić information content (AvgIpc) is 2.73. The molecule has 0 bridgehead atoms. The number of halogens is 1. The number of carbonyl (C=O) groups excluding carboxylic acids is 2. The van der Waals surface area contributed by atoms with E-state index in [9.17, 15) is 9.59 Å². The average molecular weight is 357 g/mol. The van der Waals surface area contributed by atoms with Crippen LogP contribution < -0.4 is 4.90 Å². The maximum atomic E-state index is 12.6. The van der Waals surface area contributed by atoms with Crippen LogP contribution >= 0.6 is 11.6 Å². The Balaban J connectivity index is 2.08. The van der Waals surface area contributed by atoms with Crippen molar-refractivity contribution in [2.24, 2.45) is 4.99 Å². The lowest BCUT2D eigenvalue weighted by atomic mass is 10.00. The minimum Gasteiger partial charge on any atom is -0.465 e. The highest BCUT2D eigenvalue weighted by molar-refractivity contribution is 6.32. The first-order valence-electron chi connectivity index (χ1n) is 7.96. The predicted molar refractivity (Wildman–Crippen MR) is 97.4 cm³/mol. The lowest BCUT2D eigenvalue weighted by Gasteiger charge is -2.22. The number of ether oxygens (including phenoxy) is 1. The van der Waals surface area contributed by atoms with E-state index in [4.69, 9.17) is 16.3 Å². The zero-order valence-corrected chi connectivity index (χ0v) is 14.5. The van der Waals surface area contributed by atoms with E-state index in [-0.39, 0.29) is 25.6 Å². The summed E-state index contributed by atoms with van der Waals surface area (Å²) < 4.78 is 4.99. The van der Waals surface area contributed by atoms with Crippen molar-refractivity contribution in [1.82, 2.24) is 0 Å². The number of hydrogen-bond acceptors (Lipinski definition) is 4. The highest BCUT2D eigenvalue weighted by Gasteiger charge is 2.27. The van der Waals surface area contributed by atoms with Crippen molar-refractivity contribution in [3.8, 4) is 0 Å². The molecular formula is C19H17ClN2O3. The van der Waals surface area contributed by atoms with Gasteiger partial charge < -0.3 is 4.74 Å². The molecule has 0 saturated heterocycles. The number of fused-ring (bicyclic) bond motifs is 1. The van der Waals surface area contributed by atoms with Crippen molar-refractivity contribution in [1.29, 1.82) is 0 Å². The summed E-state index contributed by atoms with van der Waals surface area (Å²) in [5, 5.41) is 0.535. The van der Waals surface area contributed by atoms with Gasteiger partial charge in [0.2, 0.25) is 5.91 Å². The molecule has 1 aliphatic heterocycles. The quantitative estimate of drug-likeness (QED) is 0.791. The third-order valence-electron chi connectivity index (χ3n) is 3.82. The number of benzodiazepines with no additional fused rings is 1. The number of carbonyl (C=O) groups is 2. The van der Waals surface area contributed by atoms with E-state index in [0.29, 0.717) is 22.0 Å². The Morgan fingerprint density at radius 3 is 2.72 bits per heavy atom. The number of benzene rings is 2. The van der Waals surface area contributed by atoms with Gasteiger partial charge in [0.15, 0.2) is 0 Å². The first-order valence-corrected chi connectivity index (χ1v) is 8.33. The Bertz CT molecular complexity index is 834. The van der Waals surface area contributed by atoms with Gasteiger partial charge in [0, 0.05) is 16.1 Å². The van der Waals surface area contributed by atoms with Gasteiger partial charge in [0.25, 0.3) is 0 Å². The van der Waals surface area contributed by atoms with Gasteiger partial charge in [-0.3, -0.25) is 19.5 Å². The van der Waals surface area contributed by atoms with E-state index in [2.05, 4.69) is 4.99 Å². The Hall–Kier alpha value is -2.66. The Morgan fingerprint density at radius 2 is 2.00 bits per heavy atom. The van der Waals surface area contributed by atoms with Crippen LogP contribution in [0.2, 0.25) is 5.02 Å². The second-order valence-electron chi connectivity index (χ2n) is 5.48. The summed E-state index contributed by atoms with van der Waals surface area (Å²) in [6.45, 7) is 1.79. The number of amides is 1. The summed E-state index contributed by atoms with van der Waals surface area (Å²) in [5.41, 5.74) is 2.88. The van der Waals surface area contributed by atoms with Crippen molar-refractivity contribution in [2.45, 2.75) is 6.92 Å². The fourth-order valence-electron chi connectivity index (χ4n) is 2.74. The molecule has 3 rings (SSSR count). The van der Waals surface area contributed by atoms with Crippen LogP contribution in [-0.2, 0) is 14.3 Å². The largest absolute Gasteiger partial charge is 0.465 e. The van der Waals surface area contributed by atoms with Crippen molar-refractivity contribution in [2.75, 3.05) is 24.6 Å². The molecule has 0 fully saturated rings. The lowest BCUT2D eigenvalue weighted by molar-refractivity contribution is -0.142. The molecule has 128 valence electrons. The van der Waals surface area contributed by atoms with Gasteiger partial charge in [-0.15, -0.1) is 0 Å². The monoisotopic (exact) mass is 356 g/mol. The van der Waals surface area contributed by atoms with Gasteiger partial charge in [-0.1, -0.05) is 41.9 Å². The molecule has 0 aliphatic carbocycles. The molecular weight excluding hydrogens is 340 g/mol. The molecule has 1 heterocycles. The van der Waals surface area contributed by atoms with Gasteiger partial charge in [-0.25, -0.2) is 0 Å². The molecule has 0 aromatic heterocycles. The maximum absolute atomic E-state index is 12.6. The standard InChI is InChI=1S/C19H17ClN2O3/c1-2-25-18(24)12-22-16-9-8-14(20)10-15(16)19(21-11-17(22)23)13-6-4-3-5-7-13/h3-10H,2,11-12H2,1H3. The summed E-state index contributed by atoms with van der Waals surface area (Å²) >= 11 is 6.17. The molecule has 1 amide bonds. The maximum Gasteiger partial charge on any atom is 0.326 e. The van der Waals surface area contributed by atoms with E-state index >= 15 is 0 Å². The fraction of sp³-hybridized carbons (Fsp3) is 0.211. The van der Waals surface area contributed by atoms with E-state index in [1.54, 1.807) is 25.1 Å². The molecule has 1 aliphatic rings.